The third kappa shape index (κ3) is 4.60. The number of aliphatic hydroxyl groups excluding tert-OH is 1. The predicted octanol–water partition coefficient (Wildman–Crippen LogP) is 2.99. The molecule has 29 heavy (non-hydrogen) atoms. The van der Waals surface area contributed by atoms with Crippen LogP contribution < -0.4 is 5.32 Å². The van der Waals surface area contributed by atoms with E-state index in [0.717, 1.165) is 42.3 Å². The largest absolute Gasteiger partial charge is 0.390 e. The number of aromatic nitrogens is 3. The average molecular weight is 390 g/mol. The molecule has 3 heterocycles. The Kier molecular flexibility index (Phi) is 5.83. The van der Waals surface area contributed by atoms with Gasteiger partial charge in [-0.3, -0.25) is 9.88 Å². The lowest BCUT2D eigenvalue weighted by Gasteiger charge is -2.30. The van der Waals surface area contributed by atoms with Crippen molar-refractivity contribution in [3.63, 3.8) is 0 Å². The maximum Gasteiger partial charge on any atom is 0.180 e. The van der Waals surface area contributed by atoms with Crippen LogP contribution in [0.1, 0.15) is 22.4 Å². The lowest BCUT2D eigenvalue weighted by Crippen LogP contribution is -2.39. The molecule has 0 saturated carbocycles. The second-order valence-corrected chi connectivity index (χ2v) is 7.61. The molecule has 3 aromatic rings. The molecule has 2 N–H and O–H groups in total. The molecule has 6 heteroatoms. The number of aryl methyl sites for hydroxylation is 1. The molecule has 1 aliphatic heterocycles. The number of anilines is 1. The molecule has 0 bridgehead atoms. The van der Waals surface area contributed by atoms with Gasteiger partial charge >= 0.3 is 0 Å². The van der Waals surface area contributed by atoms with Crippen molar-refractivity contribution in [2.75, 3.05) is 25.0 Å². The standard InChI is InChI=1S/C23H27N5O/c1-16-17(2)26-23(21-9-5-6-11-24-21)27-22(16)25-13-20(29)15-28-12-10-18-7-3-4-8-19(18)14-28/h3-9,11,20,29H,10,12-15H2,1-2H3,(H,25,26,27). The number of nitrogens with one attached hydrogen (secondary N) is 1. The van der Waals surface area contributed by atoms with Gasteiger partial charge in [0, 0.05) is 43.6 Å². The zero-order chi connectivity index (χ0) is 20.2. The third-order valence-corrected chi connectivity index (χ3v) is 5.47. The van der Waals surface area contributed by atoms with Crippen LogP contribution in [0, 0.1) is 13.8 Å². The second kappa shape index (κ2) is 8.68. The molecule has 1 aliphatic rings. The molecule has 1 aromatic carbocycles. The quantitative estimate of drug-likeness (QED) is 0.675. The van der Waals surface area contributed by atoms with E-state index < -0.39 is 6.10 Å². The number of hydrogen-bond donors (Lipinski definition) is 2. The first-order valence-corrected chi connectivity index (χ1v) is 10.1. The highest BCUT2D eigenvalue weighted by Crippen LogP contribution is 2.21. The molecular formula is C23H27N5O. The molecule has 1 atom stereocenters. The van der Waals surface area contributed by atoms with Crippen LogP contribution in [0.25, 0.3) is 11.5 Å². The SMILES string of the molecule is Cc1nc(-c2ccccn2)nc(NCC(O)CN2CCc3ccccc3C2)c1C. The van der Waals surface area contributed by atoms with Crippen molar-refractivity contribution in [1.29, 1.82) is 0 Å². The van der Waals surface area contributed by atoms with Crippen LogP contribution in [0.3, 0.4) is 0 Å². The lowest BCUT2D eigenvalue weighted by molar-refractivity contribution is 0.114. The third-order valence-electron chi connectivity index (χ3n) is 5.47. The zero-order valence-corrected chi connectivity index (χ0v) is 17.0. The molecule has 0 radical (unpaired) electrons. The summed E-state index contributed by atoms with van der Waals surface area (Å²) in [5.41, 5.74) is 5.42. The highest BCUT2D eigenvalue weighted by molar-refractivity contribution is 5.56. The summed E-state index contributed by atoms with van der Waals surface area (Å²) in [4.78, 5) is 15.9. The van der Waals surface area contributed by atoms with Crippen molar-refractivity contribution in [2.45, 2.75) is 32.9 Å². The van der Waals surface area contributed by atoms with Crippen molar-refractivity contribution in [1.82, 2.24) is 19.9 Å². The maximum atomic E-state index is 10.6. The Balaban J connectivity index is 1.39. The van der Waals surface area contributed by atoms with Crippen LogP contribution >= 0.6 is 0 Å². The van der Waals surface area contributed by atoms with E-state index in [1.165, 1.54) is 11.1 Å². The van der Waals surface area contributed by atoms with Crippen molar-refractivity contribution < 1.29 is 5.11 Å². The van der Waals surface area contributed by atoms with Crippen LogP contribution in [0.5, 0.6) is 0 Å². The van der Waals surface area contributed by atoms with Gasteiger partial charge in [-0.2, -0.15) is 0 Å². The number of rotatable bonds is 6. The van der Waals surface area contributed by atoms with Gasteiger partial charge in [-0.25, -0.2) is 9.97 Å². The van der Waals surface area contributed by atoms with Gasteiger partial charge in [0.2, 0.25) is 0 Å². The minimum absolute atomic E-state index is 0.442. The zero-order valence-electron chi connectivity index (χ0n) is 17.0. The molecule has 0 spiro atoms. The number of benzene rings is 1. The van der Waals surface area contributed by atoms with E-state index in [2.05, 4.69) is 49.4 Å². The maximum absolute atomic E-state index is 10.6. The molecule has 150 valence electrons. The molecule has 4 rings (SSSR count). The van der Waals surface area contributed by atoms with Crippen molar-refractivity contribution in [2.24, 2.45) is 0 Å². The fourth-order valence-corrected chi connectivity index (χ4v) is 3.70. The number of pyridine rings is 1. The average Bonchev–Trinajstić information content (AvgIpc) is 2.75. The fourth-order valence-electron chi connectivity index (χ4n) is 3.70. The van der Waals surface area contributed by atoms with Crippen LogP contribution in [0.2, 0.25) is 0 Å². The van der Waals surface area contributed by atoms with E-state index in [0.29, 0.717) is 18.9 Å². The van der Waals surface area contributed by atoms with Crippen LogP contribution in [-0.2, 0) is 13.0 Å². The molecule has 0 fully saturated rings. The summed E-state index contributed by atoms with van der Waals surface area (Å²) < 4.78 is 0. The lowest BCUT2D eigenvalue weighted by atomic mass is 10.00. The fraction of sp³-hybridized carbons (Fsp3) is 0.348. The van der Waals surface area contributed by atoms with Crippen molar-refractivity contribution in [3.8, 4) is 11.5 Å². The Morgan fingerprint density at radius 2 is 1.86 bits per heavy atom. The second-order valence-electron chi connectivity index (χ2n) is 7.61. The number of hydrogen-bond acceptors (Lipinski definition) is 6. The minimum Gasteiger partial charge on any atom is -0.390 e. The number of aliphatic hydroxyl groups is 1. The van der Waals surface area contributed by atoms with Gasteiger partial charge in [-0.15, -0.1) is 0 Å². The van der Waals surface area contributed by atoms with Crippen LogP contribution in [-0.4, -0.2) is 50.7 Å². The van der Waals surface area contributed by atoms with Crippen molar-refractivity contribution >= 4 is 5.82 Å². The summed E-state index contributed by atoms with van der Waals surface area (Å²) >= 11 is 0. The summed E-state index contributed by atoms with van der Waals surface area (Å²) in [6, 6.07) is 14.3. The first kappa shape index (κ1) is 19.5. The Morgan fingerprint density at radius 3 is 2.66 bits per heavy atom. The van der Waals surface area contributed by atoms with E-state index in [9.17, 15) is 5.11 Å². The van der Waals surface area contributed by atoms with E-state index in [1.807, 2.05) is 32.0 Å². The minimum atomic E-state index is -0.478. The first-order valence-electron chi connectivity index (χ1n) is 10.1. The van der Waals surface area contributed by atoms with E-state index in [-0.39, 0.29) is 0 Å². The van der Waals surface area contributed by atoms with E-state index >= 15 is 0 Å². The summed E-state index contributed by atoms with van der Waals surface area (Å²) in [5, 5.41) is 13.9. The summed E-state index contributed by atoms with van der Waals surface area (Å²) in [6.45, 7) is 6.91. The highest BCUT2D eigenvalue weighted by atomic mass is 16.3. The van der Waals surface area contributed by atoms with Crippen molar-refractivity contribution in [3.05, 3.63) is 71.0 Å². The Bertz CT molecular complexity index is 976. The van der Waals surface area contributed by atoms with Gasteiger partial charge in [0.05, 0.1) is 6.10 Å². The monoisotopic (exact) mass is 389 g/mol. The van der Waals surface area contributed by atoms with Gasteiger partial charge in [0.1, 0.15) is 11.5 Å². The Morgan fingerprint density at radius 1 is 1.07 bits per heavy atom. The van der Waals surface area contributed by atoms with Crippen LogP contribution in [0.4, 0.5) is 5.82 Å². The van der Waals surface area contributed by atoms with E-state index in [1.54, 1.807) is 6.20 Å². The molecule has 2 aromatic heterocycles. The summed E-state index contributed by atoms with van der Waals surface area (Å²) in [7, 11) is 0. The smallest absolute Gasteiger partial charge is 0.180 e. The summed E-state index contributed by atoms with van der Waals surface area (Å²) in [5.74, 6) is 1.35. The topological polar surface area (TPSA) is 74.2 Å². The van der Waals surface area contributed by atoms with Crippen LogP contribution in [0.15, 0.2) is 48.7 Å². The predicted molar refractivity (Wildman–Crippen MR) is 115 cm³/mol. The summed E-state index contributed by atoms with van der Waals surface area (Å²) in [6.07, 6.45) is 2.29. The molecule has 0 saturated heterocycles. The number of fused-ring (bicyclic) bond motifs is 1. The molecule has 0 aliphatic carbocycles. The van der Waals surface area contributed by atoms with Gasteiger partial charge in [0.15, 0.2) is 5.82 Å². The number of β-amino-alcohol motifs (C(OH)–C–C–N with tert-alkyl or cyclic N) is 1. The van der Waals surface area contributed by atoms with Gasteiger partial charge in [-0.1, -0.05) is 30.3 Å². The molecule has 1 unspecified atom stereocenters. The molecule has 0 amide bonds. The molecule has 6 nitrogen and oxygen atoms in total. The highest BCUT2D eigenvalue weighted by Gasteiger charge is 2.19. The first-order chi connectivity index (χ1) is 14.1. The molecular weight excluding hydrogens is 362 g/mol. The normalized spacial score (nSPS) is 15.0. The Labute approximate surface area is 171 Å². The Hall–Kier alpha value is -2.83. The van der Waals surface area contributed by atoms with Gasteiger partial charge in [-0.05, 0) is 43.5 Å². The van der Waals surface area contributed by atoms with Gasteiger partial charge < -0.3 is 10.4 Å². The van der Waals surface area contributed by atoms with E-state index in [4.69, 9.17) is 0 Å². The van der Waals surface area contributed by atoms with Gasteiger partial charge in [0.25, 0.3) is 0 Å². The number of nitrogens with zero attached hydrogens (tertiary/aromatic N) is 4.